The quantitative estimate of drug-likeness (QED) is 0.647. The Bertz CT molecular complexity index is 840. The SMILES string of the molecule is O=C(NCC1(O)CCc2ccccc2C1)c1cc(Cl)ccc1[N+](=O)[O-]. The van der Waals surface area contributed by atoms with Gasteiger partial charge in [0.2, 0.25) is 0 Å². The second-order valence-electron chi connectivity index (χ2n) is 6.27. The third kappa shape index (κ3) is 3.81. The molecule has 0 spiro atoms. The number of carbonyl (C=O) groups is 1. The van der Waals surface area contributed by atoms with Crippen molar-refractivity contribution in [1.29, 1.82) is 0 Å². The van der Waals surface area contributed by atoms with Gasteiger partial charge in [0.1, 0.15) is 5.56 Å². The van der Waals surface area contributed by atoms with Crippen LogP contribution in [0, 0.1) is 10.1 Å². The Morgan fingerprint density at radius 3 is 2.72 bits per heavy atom. The number of nitrogens with zero attached hydrogens (tertiary/aromatic N) is 1. The first-order chi connectivity index (χ1) is 11.9. The highest BCUT2D eigenvalue weighted by molar-refractivity contribution is 6.31. The van der Waals surface area contributed by atoms with E-state index < -0.39 is 16.4 Å². The Morgan fingerprint density at radius 1 is 1.28 bits per heavy atom. The van der Waals surface area contributed by atoms with Crippen molar-refractivity contribution in [3.05, 3.63) is 74.3 Å². The number of hydrogen-bond donors (Lipinski definition) is 2. The summed E-state index contributed by atoms with van der Waals surface area (Å²) < 4.78 is 0. The molecular weight excluding hydrogens is 344 g/mol. The molecule has 25 heavy (non-hydrogen) atoms. The van der Waals surface area contributed by atoms with E-state index in [0.29, 0.717) is 12.8 Å². The van der Waals surface area contributed by atoms with Crippen LogP contribution in [-0.4, -0.2) is 28.1 Å². The number of amides is 1. The molecular formula is C18H17ClN2O4. The van der Waals surface area contributed by atoms with Crippen LogP contribution < -0.4 is 5.32 Å². The van der Waals surface area contributed by atoms with Crippen LogP contribution in [0.3, 0.4) is 0 Å². The van der Waals surface area contributed by atoms with Crippen LogP contribution in [0.15, 0.2) is 42.5 Å². The van der Waals surface area contributed by atoms with Gasteiger partial charge in [0.15, 0.2) is 0 Å². The van der Waals surface area contributed by atoms with Crippen molar-refractivity contribution in [3.63, 3.8) is 0 Å². The summed E-state index contributed by atoms with van der Waals surface area (Å²) in [5.74, 6) is -0.624. The first-order valence-corrected chi connectivity index (χ1v) is 8.27. The Morgan fingerprint density at radius 2 is 2.00 bits per heavy atom. The number of aryl methyl sites for hydroxylation is 1. The summed E-state index contributed by atoms with van der Waals surface area (Å²) in [6, 6.07) is 11.7. The molecule has 6 nitrogen and oxygen atoms in total. The minimum Gasteiger partial charge on any atom is -0.388 e. The summed E-state index contributed by atoms with van der Waals surface area (Å²) in [6.07, 6.45) is 1.67. The Balaban J connectivity index is 1.73. The highest BCUT2D eigenvalue weighted by Gasteiger charge is 2.33. The van der Waals surface area contributed by atoms with E-state index in [1.54, 1.807) is 0 Å². The predicted molar refractivity (Wildman–Crippen MR) is 93.9 cm³/mol. The molecule has 0 heterocycles. The maximum Gasteiger partial charge on any atom is 0.282 e. The lowest BCUT2D eigenvalue weighted by Crippen LogP contribution is -2.46. The van der Waals surface area contributed by atoms with E-state index in [1.165, 1.54) is 23.8 Å². The normalized spacial score (nSPS) is 19.1. The molecule has 0 bridgehead atoms. The molecule has 0 aliphatic heterocycles. The number of nitro groups is 1. The van der Waals surface area contributed by atoms with Gasteiger partial charge < -0.3 is 10.4 Å². The second-order valence-corrected chi connectivity index (χ2v) is 6.71. The van der Waals surface area contributed by atoms with Crippen LogP contribution >= 0.6 is 11.6 Å². The second kappa shape index (κ2) is 6.82. The lowest BCUT2D eigenvalue weighted by molar-refractivity contribution is -0.385. The maximum atomic E-state index is 12.4. The molecule has 0 saturated heterocycles. The van der Waals surface area contributed by atoms with E-state index in [1.807, 2.05) is 24.3 Å². The van der Waals surface area contributed by atoms with E-state index in [2.05, 4.69) is 5.32 Å². The fraction of sp³-hybridized carbons (Fsp3) is 0.278. The minimum atomic E-state index is -1.07. The summed E-state index contributed by atoms with van der Waals surface area (Å²) in [7, 11) is 0. The van der Waals surface area contributed by atoms with Gasteiger partial charge in [0.25, 0.3) is 11.6 Å². The monoisotopic (exact) mass is 360 g/mol. The molecule has 1 aliphatic carbocycles. The largest absolute Gasteiger partial charge is 0.388 e. The maximum absolute atomic E-state index is 12.4. The molecule has 1 amide bonds. The summed E-state index contributed by atoms with van der Waals surface area (Å²) in [5, 5.41) is 24.7. The molecule has 0 saturated carbocycles. The van der Waals surface area contributed by atoms with Crippen molar-refractivity contribution in [2.24, 2.45) is 0 Å². The molecule has 1 unspecified atom stereocenters. The highest BCUT2D eigenvalue weighted by Crippen LogP contribution is 2.28. The zero-order chi connectivity index (χ0) is 18.0. The van der Waals surface area contributed by atoms with Gasteiger partial charge in [-0.15, -0.1) is 0 Å². The number of aliphatic hydroxyl groups is 1. The lowest BCUT2D eigenvalue weighted by Gasteiger charge is -2.33. The lowest BCUT2D eigenvalue weighted by atomic mass is 9.80. The van der Waals surface area contributed by atoms with Gasteiger partial charge in [0, 0.05) is 24.1 Å². The van der Waals surface area contributed by atoms with Gasteiger partial charge in [-0.2, -0.15) is 0 Å². The van der Waals surface area contributed by atoms with E-state index in [9.17, 15) is 20.0 Å². The van der Waals surface area contributed by atoms with Crippen LogP contribution in [0.2, 0.25) is 5.02 Å². The van der Waals surface area contributed by atoms with Crippen molar-refractivity contribution in [3.8, 4) is 0 Å². The van der Waals surface area contributed by atoms with Gasteiger partial charge >= 0.3 is 0 Å². The van der Waals surface area contributed by atoms with Crippen LogP contribution in [-0.2, 0) is 12.8 Å². The fourth-order valence-corrected chi connectivity index (χ4v) is 3.30. The standard InChI is InChI=1S/C18H17ClN2O4/c19-14-5-6-16(21(24)25)15(9-14)17(22)20-11-18(23)8-7-12-3-1-2-4-13(12)10-18/h1-6,9,23H,7-8,10-11H2,(H,20,22). The fourth-order valence-electron chi connectivity index (χ4n) is 3.12. The molecule has 2 aromatic rings. The third-order valence-corrected chi connectivity index (χ3v) is 4.71. The number of rotatable bonds is 4. The molecule has 2 N–H and O–H groups in total. The van der Waals surface area contributed by atoms with E-state index in [-0.39, 0.29) is 22.8 Å². The number of nitro benzene ring substituents is 1. The predicted octanol–water partition coefficient (Wildman–Crippen LogP) is 2.90. The molecule has 0 radical (unpaired) electrons. The first kappa shape index (κ1) is 17.4. The van der Waals surface area contributed by atoms with Crippen LogP contribution in [0.1, 0.15) is 27.9 Å². The average molecular weight is 361 g/mol. The molecule has 0 fully saturated rings. The Kier molecular flexibility index (Phi) is 4.74. The third-order valence-electron chi connectivity index (χ3n) is 4.48. The summed E-state index contributed by atoms with van der Waals surface area (Å²) in [5.41, 5.74) is 0.751. The zero-order valence-electron chi connectivity index (χ0n) is 13.4. The molecule has 1 aliphatic rings. The molecule has 1 atom stereocenters. The van der Waals surface area contributed by atoms with Gasteiger partial charge in [0.05, 0.1) is 10.5 Å². The van der Waals surface area contributed by atoms with Crippen LogP contribution in [0.5, 0.6) is 0 Å². The number of halogens is 1. The summed E-state index contributed by atoms with van der Waals surface area (Å²) in [6.45, 7) is 0.0177. The van der Waals surface area contributed by atoms with Crippen molar-refractivity contribution in [1.82, 2.24) is 5.32 Å². The molecule has 0 aromatic heterocycles. The number of carbonyl (C=O) groups excluding carboxylic acids is 1. The number of nitrogens with one attached hydrogen (secondary N) is 1. The number of fused-ring (bicyclic) bond motifs is 1. The number of benzene rings is 2. The molecule has 7 heteroatoms. The average Bonchev–Trinajstić information content (AvgIpc) is 2.59. The number of hydrogen-bond acceptors (Lipinski definition) is 4. The summed E-state index contributed by atoms with van der Waals surface area (Å²) >= 11 is 5.85. The highest BCUT2D eigenvalue weighted by atomic mass is 35.5. The molecule has 3 rings (SSSR count). The van der Waals surface area contributed by atoms with Gasteiger partial charge in [-0.05, 0) is 36.1 Å². The van der Waals surface area contributed by atoms with Crippen molar-refractivity contribution in [2.45, 2.75) is 24.9 Å². The first-order valence-electron chi connectivity index (χ1n) is 7.89. The van der Waals surface area contributed by atoms with Gasteiger partial charge in [-0.25, -0.2) is 0 Å². The van der Waals surface area contributed by atoms with E-state index in [0.717, 1.165) is 12.0 Å². The van der Waals surface area contributed by atoms with Gasteiger partial charge in [-0.3, -0.25) is 14.9 Å². The van der Waals surface area contributed by atoms with Crippen LogP contribution in [0.25, 0.3) is 0 Å². The van der Waals surface area contributed by atoms with Crippen molar-refractivity contribution in [2.75, 3.05) is 6.54 Å². The minimum absolute atomic E-state index is 0.0177. The Hall–Kier alpha value is -2.44. The van der Waals surface area contributed by atoms with E-state index in [4.69, 9.17) is 11.6 Å². The van der Waals surface area contributed by atoms with E-state index >= 15 is 0 Å². The topological polar surface area (TPSA) is 92.5 Å². The van der Waals surface area contributed by atoms with Crippen molar-refractivity contribution >= 4 is 23.2 Å². The van der Waals surface area contributed by atoms with Gasteiger partial charge in [-0.1, -0.05) is 35.9 Å². The zero-order valence-corrected chi connectivity index (χ0v) is 14.1. The smallest absolute Gasteiger partial charge is 0.282 e. The Labute approximate surface area is 149 Å². The van der Waals surface area contributed by atoms with Crippen molar-refractivity contribution < 1.29 is 14.8 Å². The molecule has 2 aromatic carbocycles. The molecule has 130 valence electrons. The summed E-state index contributed by atoms with van der Waals surface area (Å²) in [4.78, 5) is 22.8. The van der Waals surface area contributed by atoms with Crippen LogP contribution in [0.4, 0.5) is 5.69 Å².